The number of ether oxygens (including phenoxy) is 3. The van der Waals surface area contributed by atoms with Crippen LogP contribution in [0.25, 0.3) is 0 Å². The van der Waals surface area contributed by atoms with E-state index in [4.69, 9.17) is 25.8 Å². The highest BCUT2D eigenvalue weighted by Gasteiger charge is 2.25. The van der Waals surface area contributed by atoms with Crippen molar-refractivity contribution in [2.24, 2.45) is 0 Å². The van der Waals surface area contributed by atoms with Gasteiger partial charge in [-0.2, -0.15) is 0 Å². The van der Waals surface area contributed by atoms with Crippen LogP contribution in [0.2, 0.25) is 5.02 Å². The predicted octanol–water partition coefficient (Wildman–Crippen LogP) is 2.91. The van der Waals surface area contributed by atoms with Crippen molar-refractivity contribution in [3.05, 3.63) is 41.4 Å². The van der Waals surface area contributed by atoms with Gasteiger partial charge in [0.2, 0.25) is 15.9 Å². The summed E-state index contributed by atoms with van der Waals surface area (Å²) < 4.78 is 42.4. The van der Waals surface area contributed by atoms with Gasteiger partial charge in [0.15, 0.2) is 11.5 Å². The van der Waals surface area contributed by atoms with Crippen molar-refractivity contribution in [1.82, 2.24) is 0 Å². The first-order valence-electron chi connectivity index (χ1n) is 8.87. The summed E-state index contributed by atoms with van der Waals surface area (Å²) in [7, 11) is -2.23. The van der Waals surface area contributed by atoms with Crippen LogP contribution >= 0.6 is 11.6 Å². The molecule has 29 heavy (non-hydrogen) atoms. The van der Waals surface area contributed by atoms with Crippen LogP contribution in [-0.4, -0.2) is 46.9 Å². The number of nitrogens with zero attached hydrogens (tertiary/aromatic N) is 1. The fraction of sp³-hybridized carbons (Fsp3) is 0.316. The van der Waals surface area contributed by atoms with E-state index in [-0.39, 0.29) is 5.75 Å². The number of carbonyl (C=O) groups is 1. The van der Waals surface area contributed by atoms with E-state index < -0.39 is 22.5 Å². The molecule has 0 fully saturated rings. The Labute approximate surface area is 174 Å². The van der Waals surface area contributed by atoms with Crippen molar-refractivity contribution in [2.45, 2.75) is 6.92 Å². The number of amides is 1. The van der Waals surface area contributed by atoms with E-state index in [0.717, 1.165) is 4.31 Å². The fourth-order valence-corrected chi connectivity index (χ4v) is 4.09. The molecule has 0 unspecified atom stereocenters. The molecule has 0 bridgehead atoms. The first kappa shape index (κ1) is 21.1. The lowest BCUT2D eigenvalue weighted by molar-refractivity contribution is -0.114. The number of nitrogens with one attached hydrogen (secondary N) is 1. The number of benzene rings is 2. The Bertz CT molecular complexity index is 1010. The van der Waals surface area contributed by atoms with Gasteiger partial charge in [-0.15, -0.1) is 0 Å². The molecule has 1 aliphatic rings. The van der Waals surface area contributed by atoms with Crippen molar-refractivity contribution >= 4 is 38.9 Å². The van der Waals surface area contributed by atoms with Gasteiger partial charge in [0.25, 0.3) is 0 Å². The molecule has 0 aromatic heterocycles. The van der Waals surface area contributed by atoms with Crippen LogP contribution < -0.4 is 23.8 Å². The van der Waals surface area contributed by atoms with Crippen LogP contribution in [-0.2, 0) is 14.8 Å². The van der Waals surface area contributed by atoms with E-state index in [1.165, 1.54) is 20.1 Å². The highest BCUT2D eigenvalue weighted by Crippen LogP contribution is 2.35. The molecule has 0 radical (unpaired) electrons. The Hall–Kier alpha value is -2.65. The van der Waals surface area contributed by atoms with Gasteiger partial charge >= 0.3 is 0 Å². The Morgan fingerprint density at radius 1 is 1.17 bits per heavy atom. The van der Waals surface area contributed by atoms with Crippen molar-refractivity contribution in [3.8, 4) is 17.2 Å². The van der Waals surface area contributed by atoms with Gasteiger partial charge in [0.05, 0.1) is 23.6 Å². The third-order valence-electron chi connectivity index (χ3n) is 4.24. The number of methoxy groups -OCH3 is 1. The standard InChI is InChI=1S/C19H21ClN2O6S/c1-3-29(24,25)22(14-5-7-17-18(11-14)28-9-8-27-17)12-19(23)21-13-4-6-16(26-2)15(20)10-13/h4-7,10-11H,3,8-9,12H2,1-2H3,(H,21,23). The first-order chi connectivity index (χ1) is 13.8. The zero-order valence-corrected chi connectivity index (χ0v) is 17.5. The van der Waals surface area contributed by atoms with Crippen LogP contribution in [0, 0.1) is 0 Å². The SMILES string of the molecule is CCS(=O)(=O)N(CC(=O)Nc1ccc(OC)c(Cl)c1)c1ccc2c(c1)OCCO2. The largest absolute Gasteiger partial charge is 0.495 e. The molecule has 0 saturated heterocycles. The molecule has 156 valence electrons. The number of hydrogen-bond donors (Lipinski definition) is 1. The molecule has 1 heterocycles. The highest BCUT2D eigenvalue weighted by atomic mass is 35.5. The highest BCUT2D eigenvalue weighted by molar-refractivity contribution is 7.92. The molecule has 2 aromatic rings. The minimum absolute atomic E-state index is 0.164. The van der Waals surface area contributed by atoms with E-state index in [9.17, 15) is 13.2 Å². The Kier molecular flexibility index (Phi) is 6.39. The molecular weight excluding hydrogens is 420 g/mol. The van der Waals surface area contributed by atoms with Gasteiger partial charge in [0.1, 0.15) is 25.5 Å². The van der Waals surface area contributed by atoms with Crippen molar-refractivity contribution < 1.29 is 27.4 Å². The molecule has 1 N–H and O–H groups in total. The molecule has 3 rings (SSSR count). The van der Waals surface area contributed by atoms with Crippen LogP contribution in [0.3, 0.4) is 0 Å². The first-order valence-corrected chi connectivity index (χ1v) is 10.9. The zero-order valence-electron chi connectivity index (χ0n) is 16.0. The molecular formula is C19H21ClN2O6S. The minimum atomic E-state index is -3.72. The maximum atomic E-state index is 12.6. The number of halogens is 1. The predicted molar refractivity (Wildman–Crippen MR) is 111 cm³/mol. The van der Waals surface area contributed by atoms with E-state index in [1.54, 1.807) is 30.3 Å². The van der Waals surface area contributed by atoms with E-state index in [0.29, 0.717) is 46.9 Å². The Morgan fingerprint density at radius 3 is 2.55 bits per heavy atom. The molecule has 0 spiro atoms. The summed E-state index contributed by atoms with van der Waals surface area (Å²) in [5, 5.41) is 2.98. The quantitative estimate of drug-likeness (QED) is 0.711. The maximum absolute atomic E-state index is 12.6. The lowest BCUT2D eigenvalue weighted by atomic mass is 10.2. The summed E-state index contributed by atoms with van der Waals surface area (Å²) in [6, 6.07) is 9.52. The van der Waals surface area contributed by atoms with Gasteiger partial charge in [-0.25, -0.2) is 8.42 Å². The van der Waals surface area contributed by atoms with Crippen LogP contribution in [0.15, 0.2) is 36.4 Å². The van der Waals surface area contributed by atoms with Crippen molar-refractivity contribution in [1.29, 1.82) is 0 Å². The third-order valence-corrected chi connectivity index (χ3v) is 6.27. The van der Waals surface area contributed by atoms with Crippen LogP contribution in [0.5, 0.6) is 17.2 Å². The number of rotatable bonds is 7. The Balaban J connectivity index is 1.83. The second kappa shape index (κ2) is 8.79. The normalized spacial score (nSPS) is 12.9. The second-order valence-electron chi connectivity index (χ2n) is 6.13. The molecule has 0 aliphatic carbocycles. The summed E-state index contributed by atoms with van der Waals surface area (Å²) in [6.45, 7) is 1.91. The average Bonchev–Trinajstić information content (AvgIpc) is 2.71. The summed E-state index contributed by atoms with van der Waals surface area (Å²) in [5.74, 6) is 0.760. The second-order valence-corrected chi connectivity index (χ2v) is 8.72. The topological polar surface area (TPSA) is 94.2 Å². The Morgan fingerprint density at radius 2 is 1.90 bits per heavy atom. The van der Waals surface area contributed by atoms with Gasteiger partial charge in [-0.05, 0) is 37.3 Å². The van der Waals surface area contributed by atoms with Crippen LogP contribution in [0.4, 0.5) is 11.4 Å². The minimum Gasteiger partial charge on any atom is -0.495 e. The maximum Gasteiger partial charge on any atom is 0.245 e. The van der Waals surface area contributed by atoms with Crippen molar-refractivity contribution in [2.75, 3.05) is 42.2 Å². The van der Waals surface area contributed by atoms with E-state index in [2.05, 4.69) is 5.32 Å². The summed E-state index contributed by atoms with van der Waals surface area (Å²) in [5.41, 5.74) is 0.746. The third kappa shape index (κ3) is 4.86. The van der Waals surface area contributed by atoms with Gasteiger partial charge in [0, 0.05) is 11.8 Å². The molecule has 10 heteroatoms. The monoisotopic (exact) mass is 440 g/mol. The fourth-order valence-electron chi connectivity index (χ4n) is 2.77. The van der Waals surface area contributed by atoms with E-state index >= 15 is 0 Å². The lowest BCUT2D eigenvalue weighted by Gasteiger charge is -2.25. The summed E-state index contributed by atoms with van der Waals surface area (Å²) >= 11 is 6.07. The molecule has 8 nitrogen and oxygen atoms in total. The number of anilines is 2. The molecule has 0 atom stereocenters. The number of carbonyl (C=O) groups excluding carboxylic acids is 1. The number of sulfonamides is 1. The van der Waals surface area contributed by atoms with Crippen molar-refractivity contribution in [3.63, 3.8) is 0 Å². The average molecular weight is 441 g/mol. The molecule has 2 aromatic carbocycles. The van der Waals surface area contributed by atoms with Gasteiger partial charge < -0.3 is 19.5 Å². The van der Waals surface area contributed by atoms with E-state index in [1.807, 2.05) is 0 Å². The van der Waals surface area contributed by atoms with Gasteiger partial charge in [-0.3, -0.25) is 9.10 Å². The van der Waals surface area contributed by atoms with Crippen LogP contribution in [0.1, 0.15) is 6.92 Å². The smallest absolute Gasteiger partial charge is 0.245 e. The number of hydrogen-bond acceptors (Lipinski definition) is 6. The molecule has 1 amide bonds. The zero-order chi connectivity index (χ0) is 21.0. The van der Waals surface area contributed by atoms with Gasteiger partial charge in [-0.1, -0.05) is 11.6 Å². The summed E-state index contributed by atoms with van der Waals surface area (Å²) in [4.78, 5) is 12.6. The molecule has 0 saturated carbocycles. The summed E-state index contributed by atoms with van der Waals surface area (Å²) in [6.07, 6.45) is 0. The number of fused-ring (bicyclic) bond motifs is 1. The molecule has 1 aliphatic heterocycles. The lowest BCUT2D eigenvalue weighted by Crippen LogP contribution is -2.39.